The zero-order valence-electron chi connectivity index (χ0n) is 15.9. The van der Waals surface area contributed by atoms with Gasteiger partial charge >= 0.3 is 0 Å². The molecule has 148 valence electrons. The predicted molar refractivity (Wildman–Crippen MR) is 124 cm³/mol. The molecular formula is C22H15ClN4OS2. The summed E-state index contributed by atoms with van der Waals surface area (Å²) in [5, 5.41) is 1.29. The third kappa shape index (κ3) is 3.45. The molecule has 8 heteroatoms. The van der Waals surface area contributed by atoms with Crippen LogP contribution in [0.1, 0.15) is 21.6 Å². The smallest absolute Gasteiger partial charge is 0.260 e. The lowest BCUT2D eigenvalue weighted by atomic mass is 10.2. The fourth-order valence-electron chi connectivity index (χ4n) is 3.23. The normalized spacial score (nSPS) is 11.3. The molecule has 1 amide bonds. The molecule has 0 radical (unpaired) electrons. The summed E-state index contributed by atoms with van der Waals surface area (Å²) in [5.74, 6) is -0.126. The maximum atomic E-state index is 13.6. The number of carbonyl (C=O) groups is 1. The molecule has 5 nitrogen and oxygen atoms in total. The Morgan fingerprint density at radius 2 is 2.00 bits per heavy atom. The molecule has 0 N–H and O–H groups in total. The number of anilines is 1. The van der Waals surface area contributed by atoms with E-state index in [1.807, 2.05) is 55.5 Å². The van der Waals surface area contributed by atoms with Crippen LogP contribution < -0.4 is 4.90 Å². The number of hydrogen-bond donors (Lipinski definition) is 0. The van der Waals surface area contributed by atoms with E-state index in [-0.39, 0.29) is 5.91 Å². The third-order valence-electron chi connectivity index (χ3n) is 4.84. The first kappa shape index (κ1) is 19.1. The number of thiazole rings is 2. The standard InChI is InChI=1S/C22H15ClN4OS2/c1-13-16(23)6-8-18-20(13)26-22(30-18)27(11-15-4-2-3-9-24-15)21(28)14-5-7-17-19(10-14)29-12-25-17/h2-10,12H,11H2,1H3. The molecule has 2 aromatic carbocycles. The van der Waals surface area contributed by atoms with Gasteiger partial charge in [-0.25, -0.2) is 9.97 Å². The Hall–Kier alpha value is -2.87. The second kappa shape index (κ2) is 7.75. The van der Waals surface area contributed by atoms with E-state index in [1.165, 1.54) is 22.7 Å². The van der Waals surface area contributed by atoms with Crippen molar-refractivity contribution in [2.45, 2.75) is 13.5 Å². The number of hydrogen-bond acceptors (Lipinski definition) is 6. The van der Waals surface area contributed by atoms with Gasteiger partial charge in [0.2, 0.25) is 0 Å². The molecule has 3 heterocycles. The Morgan fingerprint density at radius 3 is 2.83 bits per heavy atom. The van der Waals surface area contributed by atoms with Crippen molar-refractivity contribution in [3.05, 3.63) is 82.1 Å². The summed E-state index contributed by atoms with van der Waals surface area (Å²) < 4.78 is 1.97. The Morgan fingerprint density at radius 1 is 1.10 bits per heavy atom. The molecule has 0 aliphatic rings. The van der Waals surface area contributed by atoms with Crippen molar-refractivity contribution < 1.29 is 4.79 Å². The zero-order valence-corrected chi connectivity index (χ0v) is 18.3. The van der Waals surface area contributed by atoms with E-state index in [2.05, 4.69) is 9.97 Å². The summed E-state index contributed by atoms with van der Waals surface area (Å²) in [6.45, 7) is 2.27. The molecule has 0 aliphatic heterocycles. The Labute approximate surface area is 185 Å². The molecule has 3 aromatic heterocycles. The van der Waals surface area contributed by atoms with Gasteiger partial charge in [0.25, 0.3) is 5.91 Å². The van der Waals surface area contributed by atoms with Gasteiger partial charge in [-0.15, -0.1) is 11.3 Å². The number of rotatable bonds is 4. The van der Waals surface area contributed by atoms with E-state index in [1.54, 1.807) is 16.6 Å². The molecule has 0 aliphatic carbocycles. The van der Waals surface area contributed by atoms with Crippen LogP contribution in [0, 0.1) is 6.92 Å². The zero-order chi connectivity index (χ0) is 20.7. The fraction of sp³-hybridized carbons (Fsp3) is 0.0909. The Kier molecular flexibility index (Phi) is 4.94. The first-order valence-electron chi connectivity index (χ1n) is 9.21. The lowest BCUT2D eigenvalue weighted by Crippen LogP contribution is -2.30. The summed E-state index contributed by atoms with van der Waals surface area (Å²) in [6.07, 6.45) is 1.73. The van der Waals surface area contributed by atoms with Gasteiger partial charge in [0, 0.05) is 16.8 Å². The minimum atomic E-state index is -0.126. The van der Waals surface area contributed by atoms with Crippen LogP contribution in [0.25, 0.3) is 20.4 Å². The number of aryl methyl sites for hydroxylation is 1. The van der Waals surface area contributed by atoms with Crippen molar-refractivity contribution in [1.82, 2.24) is 15.0 Å². The van der Waals surface area contributed by atoms with Crippen LogP contribution in [-0.4, -0.2) is 20.9 Å². The van der Waals surface area contributed by atoms with Crippen LogP contribution in [0.4, 0.5) is 5.13 Å². The third-order valence-corrected chi connectivity index (χ3v) is 7.08. The van der Waals surface area contributed by atoms with E-state index in [9.17, 15) is 4.79 Å². The maximum Gasteiger partial charge on any atom is 0.260 e. The number of fused-ring (bicyclic) bond motifs is 2. The summed E-state index contributed by atoms with van der Waals surface area (Å²) >= 11 is 9.27. The van der Waals surface area contributed by atoms with Crippen molar-refractivity contribution in [3.8, 4) is 0 Å². The average molecular weight is 451 g/mol. The topological polar surface area (TPSA) is 59.0 Å². The van der Waals surface area contributed by atoms with Gasteiger partial charge in [0.15, 0.2) is 5.13 Å². The SMILES string of the molecule is Cc1c(Cl)ccc2sc(N(Cc3ccccn3)C(=O)c3ccc4ncsc4c3)nc12. The van der Waals surface area contributed by atoms with Crippen molar-refractivity contribution in [2.75, 3.05) is 4.90 Å². The quantitative estimate of drug-likeness (QED) is 0.331. The van der Waals surface area contributed by atoms with Crippen molar-refractivity contribution in [3.63, 3.8) is 0 Å². The number of amides is 1. The highest BCUT2D eigenvalue weighted by atomic mass is 35.5. The van der Waals surface area contributed by atoms with Crippen LogP contribution in [0.15, 0.2) is 60.2 Å². The Balaban J connectivity index is 1.61. The van der Waals surface area contributed by atoms with Gasteiger partial charge in [0.1, 0.15) is 0 Å². The lowest BCUT2D eigenvalue weighted by Gasteiger charge is -2.19. The molecule has 5 rings (SSSR count). The van der Waals surface area contributed by atoms with Crippen LogP contribution in [0.3, 0.4) is 0 Å². The van der Waals surface area contributed by atoms with Gasteiger partial charge < -0.3 is 0 Å². The molecule has 30 heavy (non-hydrogen) atoms. The first-order valence-corrected chi connectivity index (χ1v) is 11.3. The number of nitrogens with zero attached hydrogens (tertiary/aromatic N) is 4. The second-order valence-corrected chi connectivity index (χ2v) is 9.07. The van der Waals surface area contributed by atoms with Crippen molar-refractivity contribution >= 4 is 65.7 Å². The second-order valence-electron chi connectivity index (χ2n) is 6.76. The predicted octanol–water partition coefficient (Wildman–Crippen LogP) is 6.11. The molecule has 0 unspecified atom stereocenters. The van der Waals surface area contributed by atoms with E-state index in [0.29, 0.717) is 22.3 Å². The molecule has 0 atom stereocenters. The van der Waals surface area contributed by atoms with Gasteiger partial charge in [-0.05, 0) is 55.0 Å². The van der Waals surface area contributed by atoms with E-state index >= 15 is 0 Å². The average Bonchev–Trinajstić information content (AvgIpc) is 3.41. The number of aromatic nitrogens is 3. The molecule has 0 bridgehead atoms. The van der Waals surface area contributed by atoms with Crippen molar-refractivity contribution in [1.29, 1.82) is 0 Å². The van der Waals surface area contributed by atoms with Gasteiger partial charge in [-0.1, -0.05) is 29.0 Å². The first-order chi connectivity index (χ1) is 14.6. The van der Waals surface area contributed by atoms with Crippen LogP contribution >= 0.6 is 34.3 Å². The molecule has 0 spiro atoms. The minimum Gasteiger partial charge on any atom is -0.278 e. The summed E-state index contributed by atoms with van der Waals surface area (Å²) in [4.78, 5) is 28.7. The van der Waals surface area contributed by atoms with Crippen LogP contribution in [-0.2, 0) is 6.54 Å². The maximum absolute atomic E-state index is 13.6. The highest BCUT2D eigenvalue weighted by molar-refractivity contribution is 7.22. The van der Waals surface area contributed by atoms with Crippen LogP contribution in [0.2, 0.25) is 5.02 Å². The van der Waals surface area contributed by atoms with E-state index in [0.717, 1.165) is 31.7 Å². The number of carbonyl (C=O) groups excluding carboxylic acids is 1. The monoisotopic (exact) mass is 450 g/mol. The van der Waals surface area contributed by atoms with E-state index < -0.39 is 0 Å². The highest BCUT2D eigenvalue weighted by Gasteiger charge is 2.23. The van der Waals surface area contributed by atoms with Gasteiger partial charge in [-0.2, -0.15) is 0 Å². The molecule has 5 aromatic rings. The fourth-order valence-corrected chi connectivity index (χ4v) is 5.12. The summed E-state index contributed by atoms with van der Waals surface area (Å²) in [5.41, 5.74) is 5.78. The number of pyridine rings is 1. The minimum absolute atomic E-state index is 0.126. The summed E-state index contributed by atoms with van der Waals surface area (Å²) in [7, 11) is 0. The number of benzene rings is 2. The molecular weight excluding hydrogens is 436 g/mol. The Bertz CT molecular complexity index is 1380. The molecule has 0 saturated heterocycles. The lowest BCUT2D eigenvalue weighted by molar-refractivity contribution is 0.0985. The molecule has 0 fully saturated rings. The number of halogens is 1. The van der Waals surface area contributed by atoms with Crippen LogP contribution in [0.5, 0.6) is 0 Å². The highest BCUT2D eigenvalue weighted by Crippen LogP contribution is 2.35. The van der Waals surface area contributed by atoms with Gasteiger partial charge in [0.05, 0.1) is 38.2 Å². The summed E-state index contributed by atoms with van der Waals surface area (Å²) in [6, 6.07) is 15.1. The van der Waals surface area contributed by atoms with E-state index in [4.69, 9.17) is 16.6 Å². The largest absolute Gasteiger partial charge is 0.278 e. The van der Waals surface area contributed by atoms with Crippen molar-refractivity contribution in [2.24, 2.45) is 0 Å². The molecule has 0 saturated carbocycles. The van der Waals surface area contributed by atoms with Gasteiger partial charge in [-0.3, -0.25) is 14.7 Å².